The summed E-state index contributed by atoms with van der Waals surface area (Å²) in [6.07, 6.45) is 2.61. The number of nitrogens with one attached hydrogen (secondary N) is 1. The van der Waals surface area contributed by atoms with E-state index in [1.165, 1.54) is 0 Å². The Balaban J connectivity index is 1.28. The van der Waals surface area contributed by atoms with Crippen LogP contribution < -0.4 is 5.32 Å². The second-order valence-electron chi connectivity index (χ2n) is 9.93. The highest BCUT2D eigenvalue weighted by atomic mass is 35.5. The van der Waals surface area contributed by atoms with E-state index in [-0.39, 0.29) is 5.91 Å². The first-order chi connectivity index (χ1) is 19.5. The van der Waals surface area contributed by atoms with Crippen LogP contribution in [0.5, 0.6) is 0 Å². The van der Waals surface area contributed by atoms with Crippen molar-refractivity contribution < 1.29 is 9.59 Å². The number of likely N-dealkylation sites (N-methyl/N-ethyl adjacent to an activating group) is 1. The van der Waals surface area contributed by atoms with Gasteiger partial charge in [-0.2, -0.15) is 0 Å². The topological polar surface area (TPSA) is 90.8 Å². The van der Waals surface area contributed by atoms with Crippen LogP contribution in [0.25, 0.3) is 11.3 Å². The summed E-state index contributed by atoms with van der Waals surface area (Å²) in [6, 6.07) is 20.4. The summed E-state index contributed by atoms with van der Waals surface area (Å²) in [5.74, 6) is 0.470. The molecule has 6 rings (SSSR count). The van der Waals surface area contributed by atoms with Gasteiger partial charge in [0.15, 0.2) is 6.29 Å². The van der Waals surface area contributed by atoms with Crippen molar-refractivity contribution in [2.45, 2.75) is 6.54 Å². The van der Waals surface area contributed by atoms with E-state index in [1.807, 2.05) is 65.6 Å². The van der Waals surface area contributed by atoms with Gasteiger partial charge in [-0.25, -0.2) is 9.97 Å². The van der Waals surface area contributed by atoms with Crippen LogP contribution in [0.4, 0.5) is 11.6 Å². The first-order valence-electron chi connectivity index (χ1n) is 13.1. The fourth-order valence-electron chi connectivity index (χ4n) is 5.05. The number of aldehydes is 1. The normalized spacial score (nSPS) is 14.9. The zero-order chi connectivity index (χ0) is 27.6. The van der Waals surface area contributed by atoms with Gasteiger partial charge in [-0.05, 0) is 43.4 Å². The maximum Gasteiger partial charge on any atom is 0.253 e. The molecule has 9 heteroatoms. The highest BCUT2D eigenvalue weighted by Crippen LogP contribution is 2.34. The van der Waals surface area contributed by atoms with Crippen LogP contribution >= 0.6 is 11.6 Å². The van der Waals surface area contributed by atoms with Crippen molar-refractivity contribution in [3.8, 4) is 11.3 Å². The molecule has 3 heterocycles. The maximum atomic E-state index is 12.9. The largest absolute Gasteiger partial charge is 0.336 e. The molecule has 0 radical (unpaired) electrons. The van der Waals surface area contributed by atoms with Crippen LogP contribution in [0.3, 0.4) is 0 Å². The van der Waals surface area contributed by atoms with Crippen LogP contribution in [0.1, 0.15) is 37.4 Å². The van der Waals surface area contributed by atoms with Gasteiger partial charge in [-0.1, -0.05) is 41.9 Å². The van der Waals surface area contributed by atoms with Gasteiger partial charge >= 0.3 is 0 Å². The van der Waals surface area contributed by atoms with Gasteiger partial charge in [0.2, 0.25) is 5.95 Å². The Morgan fingerprint density at radius 1 is 0.950 bits per heavy atom. The van der Waals surface area contributed by atoms with Crippen molar-refractivity contribution in [1.29, 1.82) is 0 Å². The molecule has 2 aliphatic heterocycles. The molecular weight excluding hydrogens is 524 g/mol. The third-order valence-electron chi connectivity index (χ3n) is 7.29. The molecule has 0 saturated carbocycles. The second-order valence-corrected chi connectivity index (χ2v) is 10.4. The minimum absolute atomic E-state index is 0.0446. The molecule has 3 aromatic carbocycles. The van der Waals surface area contributed by atoms with Crippen molar-refractivity contribution in [3.05, 3.63) is 106 Å². The summed E-state index contributed by atoms with van der Waals surface area (Å²) in [5.41, 5.74) is 6.68. The number of halogens is 1. The van der Waals surface area contributed by atoms with Crippen molar-refractivity contribution in [2.24, 2.45) is 4.99 Å². The molecule has 200 valence electrons. The fourth-order valence-corrected chi connectivity index (χ4v) is 5.22. The molecule has 4 aromatic rings. The monoisotopic (exact) mass is 550 g/mol. The number of hydrogen-bond donors (Lipinski definition) is 1. The Labute approximate surface area is 237 Å². The summed E-state index contributed by atoms with van der Waals surface area (Å²) in [4.78, 5) is 43.1. The number of piperazine rings is 1. The summed E-state index contributed by atoms with van der Waals surface area (Å²) < 4.78 is 0. The smallest absolute Gasteiger partial charge is 0.253 e. The number of benzene rings is 3. The van der Waals surface area contributed by atoms with Gasteiger partial charge in [0.1, 0.15) is 0 Å². The predicted octanol–water partition coefficient (Wildman–Crippen LogP) is 5.09. The number of carbonyl (C=O) groups is 2. The SMILES string of the molecule is CN1CCN(C(=O)c2ccc(Nc3ncc4c(n3)-c3ccc(Cl)cc3C(c3ccccc3C=O)=NC4)cc2)CC1. The molecule has 1 fully saturated rings. The van der Waals surface area contributed by atoms with Crippen molar-refractivity contribution in [3.63, 3.8) is 0 Å². The molecule has 1 saturated heterocycles. The first kappa shape index (κ1) is 25.9. The lowest BCUT2D eigenvalue weighted by Gasteiger charge is -2.32. The standard InChI is InChI=1S/C31H27ClN6O2/c1-37-12-14-38(15-13-37)30(40)20-6-9-24(10-7-20)35-31-34-18-22-17-33-29(25-5-3-2-4-21(25)19-39)27-16-23(32)8-11-26(27)28(22)36-31/h2-11,16,18-19H,12-15,17H2,1H3,(H,34,35,36). The molecule has 0 bridgehead atoms. The summed E-state index contributed by atoms with van der Waals surface area (Å²) >= 11 is 6.41. The van der Waals surface area contributed by atoms with Crippen LogP contribution in [0, 0.1) is 0 Å². The van der Waals surface area contributed by atoms with E-state index < -0.39 is 0 Å². The molecule has 1 amide bonds. The number of aromatic nitrogens is 2. The maximum absolute atomic E-state index is 12.9. The summed E-state index contributed by atoms with van der Waals surface area (Å²) in [7, 11) is 2.07. The minimum Gasteiger partial charge on any atom is -0.336 e. The van der Waals surface area contributed by atoms with Crippen molar-refractivity contribution >= 4 is 41.1 Å². The predicted molar refractivity (Wildman–Crippen MR) is 157 cm³/mol. The van der Waals surface area contributed by atoms with Crippen LogP contribution in [0.15, 0.2) is 77.9 Å². The molecule has 0 unspecified atom stereocenters. The molecule has 0 atom stereocenters. The number of amides is 1. The van der Waals surface area contributed by atoms with Gasteiger partial charge < -0.3 is 15.1 Å². The lowest BCUT2D eigenvalue weighted by Crippen LogP contribution is -2.47. The summed E-state index contributed by atoms with van der Waals surface area (Å²) in [6.45, 7) is 3.58. The number of aliphatic imine (C=N–C) groups is 1. The average Bonchev–Trinajstić information content (AvgIpc) is 3.14. The Morgan fingerprint density at radius 2 is 1.73 bits per heavy atom. The van der Waals surface area contributed by atoms with Gasteiger partial charge in [0.05, 0.1) is 18.0 Å². The van der Waals surface area contributed by atoms with Gasteiger partial charge in [0.25, 0.3) is 5.91 Å². The van der Waals surface area contributed by atoms with E-state index >= 15 is 0 Å². The van der Waals surface area contributed by atoms with E-state index in [4.69, 9.17) is 21.6 Å². The molecule has 8 nitrogen and oxygen atoms in total. The second kappa shape index (κ2) is 11.0. The number of fused-ring (bicyclic) bond motifs is 3. The molecular formula is C31H27ClN6O2. The van der Waals surface area contributed by atoms with E-state index in [0.717, 1.165) is 66.1 Å². The zero-order valence-corrected chi connectivity index (χ0v) is 22.7. The van der Waals surface area contributed by atoms with Crippen molar-refractivity contribution in [1.82, 2.24) is 19.8 Å². The van der Waals surface area contributed by atoms with E-state index in [9.17, 15) is 9.59 Å². The third kappa shape index (κ3) is 5.11. The number of rotatable bonds is 5. The van der Waals surface area contributed by atoms with E-state index in [1.54, 1.807) is 12.3 Å². The van der Waals surface area contributed by atoms with Crippen LogP contribution in [-0.2, 0) is 6.54 Å². The van der Waals surface area contributed by atoms with Gasteiger partial charge in [0, 0.05) is 76.5 Å². The lowest BCUT2D eigenvalue weighted by molar-refractivity contribution is 0.0664. The fraction of sp³-hybridized carbons (Fsp3) is 0.194. The molecule has 1 aromatic heterocycles. The Hall–Kier alpha value is -4.40. The van der Waals surface area contributed by atoms with Crippen LogP contribution in [-0.4, -0.2) is 70.9 Å². The highest BCUT2D eigenvalue weighted by Gasteiger charge is 2.23. The number of anilines is 2. The number of carbonyl (C=O) groups excluding carboxylic acids is 2. The number of nitrogens with zero attached hydrogens (tertiary/aromatic N) is 5. The lowest BCUT2D eigenvalue weighted by atomic mass is 9.93. The van der Waals surface area contributed by atoms with Crippen molar-refractivity contribution in [2.75, 3.05) is 38.5 Å². The third-order valence-corrected chi connectivity index (χ3v) is 7.52. The molecule has 40 heavy (non-hydrogen) atoms. The van der Waals surface area contributed by atoms with E-state index in [0.29, 0.717) is 34.4 Å². The molecule has 2 aliphatic rings. The Morgan fingerprint density at radius 3 is 2.50 bits per heavy atom. The minimum atomic E-state index is 0.0446. The Kier molecular flexibility index (Phi) is 7.11. The zero-order valence-electron chi connectivity index (χ0n) is 22.0. The van der Waals surface area contributed by atoms with Gasteiger partial charge in [-0.15, -0.1) is 0 Å². The molecule has 1 N–H and O–H groups in total. The quantitative estimate of drug-likeness (QED) is 0.348. The molecule has 0 spiro atoms. The highest BCUT2D eigenvalue weighted by molar-refractivity contribution is 6.31. The average molecular weight is 551 g/mol. The number of hydrogen-bond acceptors (Lipinski definition) is 7. The van der Waals surface area contributed by atoms with Gasteiger partial charge in [-0.3, -0.25) is 14.6 Å². The molecule has 0 aliphatic carbocycles. The first-order valence-corrected chi connectivity index (χ1v) is 13.5. The van der Waals surface area contributed by atoms with E-state index in [2.05, 4.69) is 22.2 Å². The van der Waals surface area contributed by atoms with Crippen LogP contribution in [0.2, 0.25) is 5.02 Å². The Bertz CT molecular complexity index is 1630. The summed E-state index contributed by atoms with van der Waals surface area (Å²) in [5, 5.41) is 3.83.